The second kappa shape index (κ2) is 5.89. The van der Waals surface area contributed by atoms with Crippen molar-refractivity contribution < 1.29 is 4.74 Å². The largest absolute Gasteiger partial charge is 0.437 e. The van der Waals surface area contributed by atoms with E-state index < -0.39 is 0 Å². The van der Waals surface area contributed by atoms with Crippen LogP contribution in [-0.2, 0) is 0 Å². The van der Waals surface area contributed by atoms with E-state index in [4.69, 9.17) is 4.74 Å². The topological polar surface area (TPSA) is 47.0 Å². The second-order valence-electron chi connectivity index (χ2n) is 4.87. The molecule has 0 saturated carbocycles. The van der Waals surface area contributed by atoms with Gasteiger partial charge in [-0.25, -0.2) is 4.98 Å². The molecule has 0 radical (unpaired) electrons. The van der Waals surface area contributed by atoms with Gasteiger partial charge in [0.2, 0.25) is 5.88 Å². The predicted octanol–water partition coefficient (Wildman–Crippen LogP) is 3.70. The molecular formula is C17H17N3O. The Morgan fingerprint density at radius 3 is 2.67 bits per heavy atom. The van der Waals surface area contributed by atoms with Crippen molar-refractivity contribution >= 4 is 10.9 Å². The molecule has 0 aliphatic rings. The zero-order chi connectivity index (χ0) is 14.7. The maximum absolute atomic E-state index is 5.87. The monoisotopic (exact) mass is 279 g/mol. The molecule has 1 atom stereocenters. The molecule has 21 heavy (non-hydrogen) atoms. The fourth-order valence-corrected chi connectivity index (χ4v) is 2.15. The molecule has 0 saturated heterocycles. The number of nitrogens with one attached hydrogen (secondary N) is 1. The summed E-state index contributed by atoms with van der Waals surface area (Å²) in [6.45, 7) is 2.09. The van der Waals surface area contributed by atoms with Gasteiger partial charge in [0.1, 0.15) is 5.52 Å². The van der Waals surface area contributed by atoms with E-state index in [-0.39, 0.29) is 6.04 Å². The Bertz CT molecular complexity index is 735. The van der Waals surface area contributed by atoms with Gasteiger partial charge in [-0.15, -0.1) is 0 Å². The first-order valence-corrected chi connectivity index (χ1v) is 6.93. The van der Waals surface area contributed by atoms with E-state index in [1.54, 1.807) is 6.20 Å². The third-order valence-corrected chi connectivity index (χ3v) is 3.50. The molecule has 0 spiro atoms. The fraction of sp³-hybridized carbons (Fsp3) is 0.176. The van der Waals surface area contributed by atoms with Crippen LogP contribution in [0.25, 0.3) is 10.9 Å². The van der Waals surface area contributed by atoms with Crippen molar-refractivity contribution in [2.75, 3.05) is 7.05 Å². The molecule has 3 rings (SSSR count). The van der Waals surface area contributed by atoms with Gasteiger partial charge in [-0.2, -0.15) is 0 Å². The van der Waals surface area contributed by atoms with Crippen LogP contribution in [0, 0.1) is 0 Å². The van der Waals surface area contributed by atoms with E-state index in [1.807, 2.05) is 55.7 Å². The van der Waals surface area contributed by atoms with Crippen LogP contribution in [0.3, 0.4) is 0 Å². The lowest BCUT2D eigenvalue weighted by Crippen LogP contribution is -2.12. The Labute approximate surface area is 123 Å². The van der Waals surface area contributed by atoms with Gasteiger partial charge in [-0.1, -0.05) is 24.3 Å². The maximum atomic E-state index is 5.87. The Morgan fingerprint density at radius 1 is 1.05 bits per heavy atom. The summed E-state index contributed by atoms with van der Waals surface area (Å²) in [7, 11) is 1.93. The van der Waals surface area contributed by atoms with Crippen molar-refractivity contribution in [3.63, 3.8) is 0 Å². The highest BCUT2D eigenvalue weighted by Gasteiger charge is 2.07. The summed E-state index contributed by atoms with van der Waals surface area (Å²) in [6.07, 6.45) is 3.59. The summed E-state index contributed by atoms with van der Waals surface area (Å²) >= 11 is 0. The van der Waals surface area contributed by atoms with Gasteiger partial charge in [-0.05, 0) is 31.7 Å². The molecule has 1 unspecified atom stereocenters. The molecule has 0 aliphatic heterocycles. The van der Waals surface area contributed by atoms with E-state index >= 15 is 0 Å². The third-order valence-electron chi connectivity index (χ3n) is 3.50. The van der Waals surface area contributed by atoms with Crippen LogP contribution in [-0.4, -0.2) is 17.0 Å². The van der Waals surface area contributed by atoms with Crippen LogP contribution >= 0.6 is 0 Å². The quantitative estimate of drug-likeness (QED) is 0.791. The molecule has 0 amide bonds. The number of fused-ring (bicyclic) bond motifs is 1. The van der Waals surface area contributed by atoms with E-state index in [9.17, 15) is 0 Å². The van der Waals surface area contributed by atoms with Gasteiger partial charge in [0.15, 0.2) is 5.75 Å². The summed E-state index contributed by atoms with van der Waals surface area (Å²) in [4.78, 5) is 8.73. The summed E-state index contributed by atoms with van der Waals surface area (Å²) in [5, 5.41) is 4.24. The first kappa shape index (κ1) is 13.5. The normalized spacial score (nSPS) is 12.3. The van der Waals surface area contributed by atoms with Gasteiger partial charge >= 0.3 is 0 Å². The average molecular weight is 279 g/mol. The lowest BCUT2D eigenvalue weighted by molar-refractivity contribution is 0.466. The van der Waals surface area contributed by atoms with E-state index in [1.165, 1.54) is 0 Å². The van der Waals surface area contributed by atoms with Crippen LogP contribution in [0.2, 0.25) is 0 Å². The number of nitrogens with zero attached hydrogens (tertiary/aromatic N) is 2. The Hall–Kier alpha value is -2.46. The minimum absolute atomic E-state index is 0.269. The highest BCUT2D eigenvalue weighted by Crippen LogP contribution is 2.27. The van der Waals surface area contributed by atoms with E-state index in [0.717, 1.165) is 22.2 Å². The van der Waals surface area contributed by atoms with Crippen molar-refractivity contribution in [1.82, 2.24) is 15.3 Å². The molecule has 0 fully saturated rings. The molecule has 1 aromatic carbocycles. The van der Waals surface area contributed by atoms with Gasteiger partial charge in [0, 0.05) is 29.9 Å². The maximum Gasteiger partial charge on any atom is 0.219 e. The molecule has 3 aromatic rings. The lowest BCUT2D eigenvalue weighted by Gasteiger charge is -2.11. The molecule has 106 valence electrons. The van der Waals surface area contributed by atoms with Crippen molar-refractivity contribution in [1.29, 1.82) is 0 Å². The highest BCUT2D eigenvalue weighted by molar-refractivity contribution is 5.84. The minimum Gasteiger partial charge on any atom is -0.437 e. The molecule has 0 bridgehead atoms. The Balaban J connectivity index is 1.88. The summed E-state index contributed by atoms with van der Waals surface area (Å²) in [5.41, 5.74) is 1.97. The first-order valence-electron chi connectivity index (χ1n) is 6.93. The number of benzene rings is 1. The number of hydrogen-bond acceptors (Lipinski definition) is 4. The fourth-order valence-electron chi connectivity index (χ4n) is 2.15. The number of pyridine rings is 2. The van der Waals surface area contributed by atoms with Crippen LogP contribution in [0.4, 0.5) is 0 Å². The number of hydrogen-bond donors (Lipinski definition) is 1. The summed E-state index contributed by atoms with van der Waals surface area (Å²) in [6, 6.07) is 14.0. The molecule has 4 nitrogen and oxygen atoms in total. The van der Waals surface area contributed by atoms with Gasteiger partial charge in [-0.3, -0.25) is 4.98 Å². The zero-order valence-electron chi connectivity index (χ0n) is 12.1. The second-order valence-corrected chi connectivity index (χ2v) is 4.87. The van der Waals surface area contributed by atoms with Gasteiger partial charge < -0.3 is 10.1 Å². The SMILES string of the molecule is CNC(C)c1ccc(Oc2cccc3cccnc23)nc1. The molecule has 4 heteroatoms. The number of ether oxygens (including phenoxy) is 1. The van der Waals surface area contributed by atoms with Crippen molar-refractivity contribution in [3.05, 3.63) is 60.4 Å². The number of aromatic nitrogens is 2. The van der Waals surface area contributed by atoms with E-state index in [0.29, 0.717) is 5.88 Å². The van der Waals surface area contributed by atoms with Crippen molar-refractivity contribution in [3.8, 4) is 11.6 Å². The molecule has 2 aromatic heterocycles. The van der Waals surface area contributed by atoms with Gasteiger partial charge in [0.05, 0.1) is 0 Å². The lowest BCUT2D eigenvalue weighted by atomic mass is 10.1. The van der Waals surface area contributed by atoms with Crippen LogP contribution in [0.5, 0.6) is 11.6 Å². The standard InChI is InChI=1S/C17H17N3O/c1-12(18-2)14-8-9-16(20-11-14)21-15-7-3-5-13-6-4-10-19-17(13)15/h3-12,18H,1-2H3. The smallest absolute Gasteiger partial charge is 0.219 e. The average Bonchev–Trinajstić information content (AvgIpc) is 2.55. The third kappa shape index (κ3) is 2.85. The number of rotatable bonds is 4. The summed E-state index contributed by atoms with van der Waals surface area (Å²) < 4.78 is 5.87. The minimum atomic E-state index is 0.269. The van der Waals surface area contributed by atoms with Crippen LogP contribution < -0.4 is 10.1 Å². The zero-order valence-corrected chi connectivity index (χ0v) is 12.1. The van der Waals surface area contributed by atoms with Crippen LogP contribution in [0.15, 0.2) is 54.9 Å². The molecule has 1 N–H and O–H groups in total. The van der Waals surface area contributed by atoms with Crippen molar-refractivity contribution in [2.45, 2.75) is 13.0 Å². The molecular weight excluding hydrogens is 262 g/mol. The van der Waals surface area contributed by atoms with Gasteiger partial charge in [0.25, 0.3) is 0 Å². The number of para-hydroxylation sites is 1. The molecule has 0 aliphatic carbocycles. The molecule has 2 heterocycles. The van der Waals surface area contributed by atoms with E-state index in [2.05, 4.69) is 22.2 Å². The predicted molar refractivity (Wildman–Crippen MR) is 83.5 cm³/mol. The first-order chi connectivity index (χ1) is 10.3. The van der Waals surface area contributed by atoms with Crippen LogP contribution in [0.1, 0.15) is 18.5 Å². The highest BCUT2D eigenvalue weighted by atomic mass is 16.5. The Kier molecular flexibility index (Phi) is 3.79. The summed E-state index contributed by atoms with van der Waals surface area (Å²) in [5.74, 6) is 1.29. The Morgan fingerprint density at radius 2 is 1.90 bits per heavy atom. The van der Waals surface area contributed by atoms with Crippen molar-refractivity contribution in [2.24, 2.45) is 0 Å².